The number of nitro benzene ring substituents is 1. The molecule has 0 radical (unpaired) electrons. The third-order valence-electron chi connectivity index (χ3n) is 6.42. The summed E-state index contributed by atoms with van der Waals surface area (Å²) in [5, 5.41) is 10.8. The fourth-order valence-electron chi connectivity index (χ4n) is 4.73. The van der Waals surface area contributed by atoms with E-state index in [9.17, 15) is 19.7 Å². The van der Waals surface area contributed by atoms with E-state index in [-0.39, 0.29) is 22.4 Å². The highest BCUT2D eigenvalue weighted by Crippen LogP contribution is 2.40. The van der Waals surface area contributed by atoms with Crippen molar-refractivity contribution in [3.05, 3.63) is 39.9 Å². The molecule has 0 spiro atoms. The van der Waals surface area contributed by atoms with E-state index in [2.05, 4.69) is 0 Å². The van der Waals surface area contributed by atoms with Crippen LogP contribution in [0.1, 0.15) is 62.8 Å². The van der Waals surface area contributed by atoms with Gasteiger partial charge in [-0.25, -0.2) is 4.79 Å². The normalized spacial score (nSPS) is 27.7. The smallest absolute Gasteiger partial charge is 0.404 e. The molecule has 0 unspecified atom stereocenters. The van der Waals surface area contributed by atoms with Gasteiger partial charge in [0.05, 0.1) is 11.5 Å². The maximum absolute atomic E-state index is 12.9. The van der Waals surface area contributed by atoms with Crippen molar-refractivity contribution in [2.45, 2.75) is 57.3 Å². The van der Waals surface area contributed by atoms with Crippen LogP contribution in [0, 0.1) is 27.9 Å². The summed E-state index contributed by atoms with van der Waals surface area (Å²) in [6, 6.07) is 6.82. The predicted molar refractivity (Wildman–Crippen MR) is 104 cm³/mol. The molecule has 2 N–H and O–H groups in total. The largest absolute Gasteiger partial charge is 0.449 e. The maximum atomic E-state index is 12.9. The van der Waals surface area contributed by atoms with E-state index in [4.69, 9.17) is 10.5 Å². The van der Waals surface area contributed by atoms with E-state index in [0.717, 1.165) is 56.9 Å². The van der Waals surface area contributed by atoms with Gasteiger partial charge in [-0.05, 0) is 68.8 Å². The molecule has 2 fully saturated rings. The van der Waals surface area contributed by atoms with Crippen molar-refractivity contribution in [2.75, 3.05) is 6.61 Å². The summed E-state index contributed by atoms with van der Waals surface area (Å²) in [7, 11) is 0. The van der Waals surface area contributed by atoms with Crippen LogP contribution in [-0.2, 0) is 9.53 Å². The number of benzene rings is 1. The number of Topliss-reactive ketones (excluding diaryl/α,β-unsaturated/α-hetero) is 1. The molecule has 1 amide bonds. The summed E-state index contributed by atoms with van der Waals surface area (Å²) in [6.45, 7) is 0.358. The van der Waals surface area contributed by atoms with Gasteiger partial charge in [0.15, 0.2) is 0 Å². The Balaban J connectivity index is 1.45. The van der Waals surface area contributed by atoms with Crippen molar-refractivity contribution in [3.8, 4) is 0 Å². The van der Waals surface area contributed by atoms with E-state index >= 15 is 0 Å². The van der Waals surface area contributed by atoms with Crippen molar-refractivity contribution >= 4 is 17.6 Å². The second kappa shape index (κ2) is 9.17. The number of nitro groups is 1. The molecule has 1 aromatic rings. The number of ether oxygens (including phenoxy) is 1. The molecule has 152 valence electrons. The average Bonchev–Trinajstić information content (AvgIpc) is 2.72. The van der Waals surface area contributed by atoms with Crippen molar-refractivity contribution < 1.29 is 19.2 Å². The molecule has 2 aliphatic carbocycles. The van der Waals surface area contributed by atoms with Crippen molar-refractivity contribution in [3.63, 3.8) is 0 Å². The van der Waals surface area contributed by atoms with Crippen LogP contribution in [0.25, 0.3) is 0 Å². The number of ketones is 1. The molecule has 0 heterocycles. The summed E-state index contributed by atoms with van der Waals surface area (Å²) < 4.78 is 4.88. The van der Waals surface area contributed by atoms with Crippen LogP contribution in [0.2, 0.25) is 0 Å². The highest BCUT2D eigenvalue weighted by Gasteiger charge is 2.33. The van der Waals surface area contributed by atoms with Crippen LogP contribution in [0.3, 0.4) is 0 Å². The van der Waals surface area contributed by atoms with Crippen LogP contribution in [0.5, 0.6) is 0 Å². The molecule has 7 heteroatoms. The van der Waals surface area contributed by atoms with Crippen molar-refractivity contribution in [2.24, 2.45) is 23.5 Å². The molecule has 7 nitrogen and oxygen atoms in total. The molecule has 3 rings (SSSR count). The molecule has 0 bridgehead atoms. The van der Waals surface area contributed by atoms with Crippen LogP contribution >= 0.6 is 0 Å². The van der Waals surface area contributed by atoms with Crippen molar-refractivity contribution in [1.29, 1.82) is 0 Å². The van der Waals surface area contributed by atoms with Gasteiger partial charge < -0.3 is 10.5 Å². The van der Waals surface area contributed by atoms with Gasteiger partial charge in [-0.3, -0.25) is 14.9 Å². The fourth-order valence-corrected chi connectivity index (χ4v) is 4.73. The number of nitrogens with zero attached hydrogens (tertiary/aromatic N) is 1. The van der Waals surface area contributed by atoms with Gasteiger partial charge in [0.25, 0.3) is 5.69 Å². The standard InChI is InChI=1S/C21H28N2O5/c22-21(25)28-13-14-1-3-17(4-2-14)20(24)18-7-5-15(6-8-18)16-9-11-19(12-10-16)23(26)27/h9-12,14-15,17-18H,1-8,13H2,(H2,22,25). The number of nitrogens with two attached hydrogens (primary N) is 1. The third-order valence-corrected chi connectivity index (χ3v) is 6.42. The van der Waals surface area contributed by atoms with E-state index in [1.54, 1.807) is 12.1 Å². The number of carbonyl (C=O) groups excluding carboxylic acids is 2. The van der Waals surface area contributed by atoms with Crippen LogP contribution in [-0.4, -0.2) is 23.4 Å². The summed E-state index contributed by atoms with van der Waals surface area (Å²) in [5.41, 5.74) is 6.26. The van der Waals surface area contributed by atoms with Gasteiger partial charge in [0.1, 0.15) is 5.78 Å². The lowest BCUT2D eigenvalue weighted by Crippen LogP contribution is -2.31. The first-order chi connectivity index (χ1) is 13.4. The first-order valence-corrected chi connectivity index (χ1v) is 10.1. The van der Waals surface area contributed by atoms with Crippen LogP contribution < -0.4 is 5.73 Å². The summed E-state index contributed by atoms with van der Waals surface area (Å²) in [4.78, 5) is 34.0. The lowest BCUT2D eigenvalue weighted by Gasteiger charge is -2.33. The maximum Gasteiger partial charge on any atom is 0.404 e. The Hall–Kier alpha value is -2.44. The van der Waals surface area contributed by atoms with Crippen molar-refractivity contribution in [1.82, 2.24) is 0 Å². The highest BCUT2D eigenvalue weighted by molar-refractivity contribution is 5.83. The second-order valence-electron chi connectivity index (χ2n) is 8.15. The molecule has 2 aliphatic rings. The Labute approximate surface area is 164 Å². The molecule has 1 aromatic carbocycles. The number of carbonyl (C=O) groups is 2. The van der Waals surface area contributed by atoms with E-state index < -0.39 is 6.09 Å². The summed E-state index contributed by atoms with van der Waals surface area (Å²) in [5.74, 6) is 1.36. The quantitative estimate of drug-likeness (QED) is 0.575. The van der Waals surface area contributed by atoms with Crippen LogP contribution in [0.4, 0.5) is 10.5 Å². The third kappa shape index (κ3) is 5.09. The Bertz CT molecular complexity index is 702. The minimum Gasteiger partial charge on any atom is -0.449 e. The molecule has 0 saturated heterocycles. The zero-order valence-electron chi connectivity index (χ0n) is 16.0. The van der Waals surface area contributed by atoms with E-state index in [1.807, 2.05) is 12.1 Å². The topological polar surface area (TPSA) is 113 Å². The average molecular weight is 388 g/mol. The molecule has 0 aromatic heterocycles. The molecular weight excluding hydrogens is 360 g/mol. The second-order valence-corrected chi connectivity index (χ2v) is 8.15. The number of hydrogen-bond donors (Lipinski definition) is 1. The minimum atomic E-state index is -0.733. The Morgan fingerprint density at radius 3 is 2.00 bits per heavy atom. The van der Waals surface area contributed by atoms with E-state index in [0.29, 0.717) is 24.2 Å². The molecular formula is C21H28N2O5. The minimum absolute atomic E-state index is 0.115. The van der Waals surface area contributed by atoms with E-state index in [1.165, 1.54) is 0 Å². The Kier molecular flexibility index (Phi) is 6.65. The molecule has 0 atom stereocenters. The fraction of sp³-hybridized carbons (Fsp3) is 0.619. The molecule has 28 heavy (non-hydrogen) atoms. The first kappa shape index (κ1) is 20.3. The highest BCUT2D eigenvalue weighted by atomic mass is 16.6. The van der Waals surface area contributed by atoms with Gasteiger partial charge in [-0.1, -0.05) is 12.1 Å². The monoisotopic (exact) mass is 388 g/mol. The SMILES string of the molecule is NC(=O)OCC1CCC(C(=O)C2CCC(c3ccc([N+](=O)[O-])cc3)CC2)CC1. The summed E-state index contributed by atoms with van der Waals surface area (Å²) in [6.07, 6.45) is 6.51. The Morgan fingerprint density at radius 1 is 0.964 bits per heavy atom. The lowest BCUT2D eigenvalue weighted by molar-refractivity contribution is -0.384. The zero-order chi connectivity index (χ0) is 20.1. The number of amides is 1. The first-order valence-electron chi connectivity index (χ1n) is 10.1. The predicted octanol–water partition coefficient (Wildman–Crippen LogP) is 4.34. The van der Waals surface area contributed by atoms with Gasteiger partial charge >= 0.3 is 6.09 Å². The summed E-state index contributed by atoms with van der Waals surface area (Å²) >= 11 is 0. The van der Waals surface area contributed by atoms with Crippen LogP contribution in [0.15, 0.2) is 24.3 Å². The zero-order valence-corrected chi connectivity index (χ0v) is 16.0. The van der Waals surface area contributed by atoms with Gasteiger partial charge in [0.2, 0.25) is 0 Å². The number of rotatable bonds is 6. The van der Waals surface area contributed by atoms with Gasteiger partial charge in [-0.15, -0.1) is 0 Å². The number of hydrogen-bond acceptors (Lipinski definition) is 5. The molecule has 2 saturated carbocycles. The van der Waals surface area contributed by atoms with Gasteiger partial charge in [-0.2, -0.15) is 0 Å². The van der Waals surface area contributed by atoms with Gasteiger partial charge in [0, 0.05) is 24.0 Å². The number of primary amides is 1. The molecule has 0 aliphatic heterocycles. The lowest BCUT2D eigenvalue weighted by atomic mass is 9.71. The number of non-ortho nitro benzene ring substituents is 1. The Morgan fingerprint density at radius 2 is 1.50 bits per heavy atom.